The summed E-state index contributed by atoms with van der Waals surface area (Å²) in [6.07, 6.45) is 0. The predicted molar refractivity (Wildman–Crippen MR) is 85.7 cm³/mol. The maximum atomic E-state index is 13.5. The van der Waals surface area contributed by atoms with Crippen molar-refractivity contribution in [1.82, 2.24) is 15.5 Å². The monoisotopic (exact) mass is 331 g/mol. The summed E-state index contributed by atoms with van der Waals surface area (Å²) in [6, 6.07) is 6.52. The van der Waals surface area contributed by atoms with E-state index >= 15 is 0 Å². The highest BCUT2D eigenvalue weighted by Crippen LogP contribution is 2.21. The molecule has 0 saturated carbocycles. The summed E-state index contributed by atoms with van der Waals surface area (Å²) in [5, 5.41) is 5.71. The van der Waals surface area contributed by atoms with Crippen LogP contribution in [0.2, 0.25) is 0 Å². The third-order valence-corrected chi connectivity index (χ3v) is 3.55. The maximum absolute atomic E-state index is 13.5. The van der Waals surface area contributed by atoms with Crippen molar-refractivity contribution < 1.29 is 13.9 Å². The summed E-state index contributed by atoms with van der Waals surface area (Å²) in [5.74, 6) is -0.320. The van der Waals surface area contributed by atoms with Gasteiger partial charge in [-0.3, -0.25) is 9.69 Å². The van der Waals surface area contributed by atoms with Gasteiger partial charge in [-0.05, 0) is 24.7 Å². The van der Waals surface area contributed by atoms with Gasteiger partial charge in [0.15, 0.2) is 0 Å². The smallest absolute Gasteiger partial charge is 0.234 e. The van der Waals surface area contributed by atoms with E-state index in [1.165, 1.54) is 12.1 Å². The molecule has 1 unspecified atom stereocenters. The molecule has 0 aromatic heterocycles. The van der Waals surface area contributed by atoms with Crippen molar-refractivity contribution in [3.8, 4) is 0 Å². The average Bonchev–Trinajstić information content (AvgIpc) is 2.49. The van der Waals surface area contributed by atoms with Crippen LogP contribution < -0.4 is 10.6 Å². The molecule has 1 atom stereocenters. The molecule has 2 N–H and O–H groups in total. The average molecular weight is 332 g/mol. The summed E-state index contributed by atoms with van der Waals surface area (Å²) < 4.78 is 18.8. The van der Waals surface area contributed by atoms with Crippen LogP contribution >= 0.6 is 12.4 Å². The van der Waals surface area contributed by atoms with Crippen LogP contribution in [-0.4, -0.2) is 57.2 Å². The number of nitrogens with one attached hydrogen (secondary N) is 2. The molecule has 124 valence electrons. The number of likely N-dealkylation sites (N-methyl/N-ethyl adjacent to an activating group) is 1. The Hall–Kier alpha value is -1.21. The van der Waals surface area contributed by atoms with Gasteiger partial charge in [-0.1, -0.05) is 12.1 Å². The van der Waals surface area contributed by atoms with E-state index in [4.69, 9.17) is 4.74 Å². The molecule has 0 bridgehead atoms. The van der Waals surface area contributed by atoms with Crippen LogP contribution in [-0.2, 0) is 9.53 Å². The van der Waals surface area contributed by atoms with Gasteiger partial charge in [0.2, 0.25) is 5.91 Å². The third-order valence-electron chi connectivity index (χ3n) is 3.55. The van der Waals surface area contributed by atoms with E-state index in [1.807, 2.05) is 6.07 Å². The number of carbonyl (C=O) groups is 1. The van der Waals surface area contributed by atoms with Gasteiger partial charge in [0.25, 0.3) is 0 Å². The molecule has 1 aliphatic heterocycles. The van der Waals surface area contributed by atoms with Gasteiger partial charge in [0.1, 0.15) is 5.82 Å². The highest BCUT2D eigenvalue weighted by atomic mass is 35.5. The van der Waals surface area contributed by atoms with Crippen molar-refractivity contribution in [3.05, 3.63) is 35.6 Å². The van der Waals surface area contributed by atoms with E-state index < -0.39 is 0 Å². The molecule has 0 radical (unpaired) electrons. The molecule has 1 aromatic rings. The predicted octanol–water partition coefficient (Wildman–Crippen LogP) is 0.956. The number of hydrogen-bond donors (Lipinski definition) is 2. The molecule has 7 heteroatoms. The fraction of sp³-hybridized carbons (Fsp3) is 0.533. The summed E-state index contributed by atoms with van der Waals surface area (Å²) in [4.78, 5) is 13.9. The zero-order valence-corrected chi connectivity index (χ0v) is 13.5. The summed E-state index contributed by atoms with van der Waals surface area (Å²) >= 11 is 0. The zero-order valence-electron chi connectivity index (χ0n) is 12.7. The minimum absolute atomic E-state index is 0. The molecule has 1 heterocycles. The van der Waals surface area contributed by atoms with Gasteiger partial charge in [0, 0.05) is 19.6 Å². The number of benzene rings is 1. The van der Waals surface area contributed by atoms with Gasteiger partial charge in [0.05, 0.1) is 25.8 Å². The van der Waals surface area contributed by atoms with Crippen LogP contribution in [0.4, 0.5) is 4.39 Å². The van der Waals surface area contributed by atoms with Crippen LogP contribution in [0, 0.1) is 5.82 Å². The molecular weight excluding hydrogens is 309 g/mol. The van der Waals surface area contributed by atoms with Gasteiger partial charge in [-0.15, -0.1) is 12.4 Å². The fourth-order valence-corrected chi connectivity index (χ4v) is 2.49. The Morgan fingerprint density at radius 2 is 2.14 bits per heavy atom. The number of amides is 1. The maximum Gasteiger partial charge on any atom is 0.234 e. The lowest BCUT2D eigenvalue weighted by Crippen LogP contribution is -2.44. The molecule has 0 spiro atoms. The fourth-order valence-electron chi connectivity index (χ4n) is 2.49. The summed E-state index contributed by atoms with van der Waals surface area (Å²) in [7, 11) is 1.73. The molecule has 2 rings (SSSR count). The Bertz CT molecular complexity index is 470. The van der Waals surface area contributed by atoms with Crippen molar-refractivity contribution in [2.45, 2.75) is 6.04 Å². The lowest BCUT2D eigenvalue weighted by Gasteiger charge is -2.35. The molecule has 1 aliphatic rings. The molecule has 22 heavy (non-hydrogen) atoms. The number of hydrogen-bond acceptors (Lipinski definition) is 4. The van der Waals surface area contributed by atoms with Crippen LogP contribution in [0.5, 0.6) is 0 Å². The Labute approximate surface area is 136 Å². The van der Waals surface area contributed by atoms with E-state index in [1.54, 1.807) is 13.1 Å². The SMILES string of the molecule is CNCC(=O)NCC(c1cccc(F)c1)N1CCOCC1.Cl. The number of morpholine rings is 1. The minimum Gasteiger partial charge on any atom is -0.379 e. The van der Waals surface area contributed by atoms with Crippen LogP contribution in [0.1, 0.15) is 11.6 Å². The second kappa shape index (κ2) is 9.74. The molecule has 1 aromatic carbocycles. The second-order valence-electron chi connectivity index (χ2n) is 5.05. The van der Waals surface area contributed by atoms with Gasteiger partial charge in [-0.2, -0.15) is 0 Å². The first-order valence-electron chi connectivity index (χ1n) is 7.19. The standard InChI is InChI=1S/C15H22FN3O2.ClH/c1-17-11-15(20)18-10-14(19-5-7-21-8-6-19)12-3-2-4-13(16)9-12;/h2-4,9,14,17H,5-8,10-11H2,1H3,(H,18,20);1H. The third kappa shape index (κ3) is 5.53. The molecule has 0 aliphatic carbocycles. The van der Waals surface area contributed by atoms with Crippen LogP contribution in [0.3, 0.4) is 0 Å². The van der Waals surface area contributed by atoms with E-state index in [-0.39, 0.29) is 36.7 Å². The highest BCUT2D eigenvalue weighted by molar-refractivity contribution is 5.85. The summed E-state index contributed by atoms with van der Waals surface area (Å²) in [6.45, 7) is 3.63. The Kier molecular flexibility index (Phi) is 8.34. The largest absolute Gasteiger partial charge is 0.379 e. The van der Waals surface area contributed by atoms with Crippen molar-refractivity contribution in [2.24, 2.45) is 0 Å². The first-order chi connectivity index (χ1) is 10.2. The van der Waals surface area contributed by atoms with Crippen LogP contribution in [0.15, 0.2) is 24.3 Å². The Balaban J connectivity index is 0.00000242. The molecule has 1 fully saturated rings. The van der Waals surface area contributed by atoms with Crippen molar-refractivity contribution in [2.75, 3.05) is 46.4 Å². The number of rotatable bonds is 6. The summed E-state index contributed by atoms with van der Waals surface area (Å²) in [5.41, 5.74) is 0.877. The first kappa shape index (κ1) is 18.8. The van der Waals surface area contributed by atoms with Crippen molar-refractivity contribution >= 4 is 18.3 Å². The molecular formula is C15H23ClFN3O2. The lowest BCUT2D eigenvalue weighted by atomic mass is 10.0. The number of ether oxygens (including phenoxy) is 1. The van der Waals surface area contributed by atoms with Crippen LogP contribution in [0.25, 0.3) is 0 Å². The van der Waals surface area contributed by atoms with E-state index in [0.717, 1.165) is 18.7 Å². The van der Waals surface area contributed by atoms with Gasteiger partial charge >= 0.3 is 0 Å². The molecule has 1 saturated heterocycles. The lowest BCUT2D eigenvalue weighted by molar-refractivity contribution is -0.120. The number of carbonyl (C=O) groups excluding carboxylic acids is 1. The first-order valence-corrected chi connectivity index (χ1v) is 7.19. The number of nitrogens with zero attached hydrogens (tertiary/aromatic N) is 1. The van der Waals surface area contributed by atoms with Crippen molar-refractivity contribution in [1.29, 1.82) is 0 Å². The minimum atomic E-state index is -0.257. The highest BCUT2D eigenvalue weighted by Gasteiger charge is 2.23. The van der Waals surface area contributed by atoms with Gasteiger partial charge < -0.3 is 15.4 Å². The quantitative estimate of drug-likeness (QED) is 0.815. The second-order valence-corrected chi connectivity index (χ2v) is 5.05. The topological polar surface area (TPSA) is 53.6 Å². The van der Waals surface area contributed by atoms with E-state index in [9.17, 15) is 9.18 Å². The Morgan fingerprint density at radius 1 is 1.41 bits per heavy atom. The van der Waals surface area contributed by atoms with E-state index in [2.05, 4.69) is 15.5 Å². The normalized spacial score (nSPS) is 16.6. The molecule has 1 amide bonds. The van der Waals surface area contributed by atoms with Gasteiger partial charge in [-0.25, -0.2) is 4.39 Å². The zero-order chi connectivity index (χ0) is 15.1. The molecule has 5 nitrogen and oxygen atoms in total. The van der Waals surface area contributed by atoms with Crippen molar-refractivity contribution in [3.63, 3.8) is 0 Å². The Morgan fingerprint density at radius 3 is 2.77 bits per heavy atom. The number of halogens is 2. The van der Waals surface area contributed by atoms with E-state index in [0.29, 0.717) is 19.8 Å².